The Morgan fingerprint density at radius 3 is 1.87 bits per heavy atom. The molecule has 0 aromatic rings. The SMILES string of the molecule is C[C@@H]1O[C@@H](O[C@H]2[C@H](O[C@H]3[C@H](O[C@H]4CC[C@@]5(C)[C@H](CC[C@]6(C)[C@H]5CC=C5[C@@H]7C[C@](C)(C(=O)O)C[C@@H](O[C@@H]8OC[C@H](O)[C@H](O)[C@H]8O)[C@]7(C)CC[C@]56C)[C@@]4(C)CO)O[C@H](C(=O)O)[C@@H](O)[C@@H]3O)O[C@H](CO)[C@H](O)[C@@H]2O)[C@H](O)[C@H](O)[C@H]1O. The van der Waals surface area contributed by atoms with Gasteiger partial charge in [0.15, 0.2) is 31.3 Å². The van der Waals surface area contributed by atoms with Crippen molar-refractivity contribution in [3.8, 4) is 0 Å². The second-order valence-corrected chi connectivity index (χ2v) is 25.7. The van der Waals surface area contributed by atoms with Gasteiger partial charge in [0, 0.05) is 10.8 Å². The van der Waals surface area contributed by atoms with Gasteiger partial charge in [0.25, 0.3) is 0 Å². The van der Waals surface area contributed by atoms with Crippen LogP contribution in [0.15, 0.2) is 11.6 Å². The Kier molecular flexibility index (Phi) is 16.4. The van der Waals surface area contributed by atoms with Crippen LogP contribution in [-0.4, -0.2) is 232 Å². The number of carbonyl (C=O) groups is 2. The average molecular weight is 1110 g/mol. The Labute approximate surface area is 446 Å². The van der Waals surface area contributed by atoms with Crippen LogP contribution < -0.4 is 0 Å². The highest BCUT2D eigenvalue weighted by molar-refractivity contribution is 5.75. The number of carboxylic acid groups (broad SMARTS) is 2. The van der Waals surface area contributed by atoms with Crippen LogP contribution >= 0.6 is 0 Å². The van der Waals surface area contributed by atoms with E-state index in [4.69, 9.17) is 37.9 Å². The van der Waals surface area contributed by atoms with E-state index in [2.05, 4.69) is 33.8 Å². The fourth-order valence-corrected chi connectivity index (χ4v) is 16.3. The third-order valence-electron chi connectivity index (χ3n) is 21.5. The number of aliphatic hydroxyl groups excluding tert-OH is 12. The summed E-state index contributed by atoms with van der Waals surface area (Å²) in [7, 11) is 0. The number of hydrogen-bond donors (Lipinski definition) is 14. The van der Waals surface area contributed by atoms with E-state index in [1.807, 2.05) is 6.92 Å². The summed E-state index contributed by atoms with van der Waals surface area (Å²) in [5.74, 6) is -3.06. The van der Waals surface area contributed by atoms with E-state index in [0.717, 1.165) is 6.42 Å². The molecule has 4 heterocycles. The Morgan fingerprint density at radius 1 is 0.610 bits per heavy atom. The fourth-order valence-electron chi connectivity index (χ4n) is 16.3. The first-order valence-electron chi connectivity index (χ1n) is 27.3. The van der Waals surface area contributed by atoms with Crippen molar-refractivity contribution in [1.29, 1.82) is 0 Å². The van der Waals surface area contributed by atoms with Crippen LogP contribution in [0.2, 0.25) is 0 Å². The maximum atomic E-state index is 13.2. The minimum Gasteiger partial charge on any atom is -0.481 e. The van der Waals surface area contributed by atoms with Crippen LogP contribution in [0.3, 0.4) is 0 Å². The monoisotopic (exact) mass is 1100 g/mol. The van der Waals surface area contributed by atoms with Gasteiger partial charge in [-0.3, -0.25) is 4.79 Å². The molecule has 4 aliphatic heterocycles. The van der Waals surface area contributed by atoms with Crippen LogP contribution in [-0.2, 0) is 47.5 Å². The van der Waals surface area contributed by atoms with Gasteiger partial charge in [-0.05, 0) is 106 Å². The topological polar surface area (TPSA) is 391 Å². The molecule has 77 heavy (non-hydrogen) atoms. The van der Waals surface area contributed by atoms with Crippen molar-refractivity contribution < 1.29 is 119 Å². The summed E-state index contributed by atoms with van der Waals surface area (Å²) in [4.78, 5) is 25.8. The van der Waals surface area contributed by atoms with Crippen LogP contribution in [0.5, 0.6) is 0 Å². The molecule has 4 saturated carbocycles. The second-order valence-electron chi connectivity index (χ2n) is 25.7. The summed E-state index contributed by atoms with van der Waals surface area (Å²) in [6.45, 7) is 12.4. The van der Waals surface area contributed by atoms with E-state index >= 15 is 0 Å². The second kappa shape index (κ2) is 21.3. The van der Waals surface area contributed by atoms with Crippen LogP contribution in [0.4, 0.5) is 0 Å². The van der Waals surface area contributed by atoms with E-state index in [0.29, 0.717) is 38.5 Å². The molecule has 0 amide bonds. The van der Waals surface area contributed by atoms with Crippen molar-refractivity contribution in [3.63, 3.8) is 0 Å². The molecule has 0 bridgehead atoms. The Bertz CT molecular complexity index is 2190. The molecular formula is C53H84O24. The van der Waals surface area contributed by atoms with E-state index in [1.54, 1.807) is 6.92 Å². The largest absolute Gasteiger partial charge is 0.481 e. The maximum Gasteiger partial charge on any atom is 0.335 e. The van der Waals surface area contributed by atoms with Crippen molar-refractivity contribution in [2.24, 2.45) is 50.2 Å². The molecule has 0 aromatic carbocycles. The highest BCUT2D eigenvalue weighted by atomic mass is 16.8. The number of aliphatic hydroxyl groups is 12. The van der Waals surface area contributed by atoms with Crippen LogP contribution in [0.25, 0.3) is 0 Å². The summed E-state index contributed by atoms with van der Waals surface area (Å²) in [5.41, 5.74) is -2.92. The van der Waals surface area contributed by atoms with E-state index < -0.39 is 181 Å². The lowest BCUT2D eigenvalue weighted by Crippen LogP contribution is -2.68. The molecule has 0 unspecified atom stereocenters. The molecule has 5 aliphatic carbocycles. The zero-order chi connectivity index (χ0) is 56.4. The lowest BCUT2D eigenvalue weighted by atomic mass is 9.33. The van der Waals surface area contributed by atoms with E-state index in [-0.39, 0.29) is 42.6 Å². The summed E-state index contributed by atoms with van der Waals surface area (Å²) < 4.78 is 48.5. The predicted molar refractivity (Wildman–Crippen MR) is 259 cm³/mol. The van der Waals surface area contributed by atoms with Gasteiger partial charge in [-0.25, -0.2) is 4.79 Å². The number of ether oxygens (including phenoxy) is 8. The molecule has 0 spiro atoms. The molecule has 9 rings (SSSR count). The first kappa shape index (κ1) is 59.5. The van der Waals surface area contributed by atoms with Crippen molar-refractivity contribution in [3.05, 3.63) is 11.6 Å². The van der Waals surface area contributed by atoms with Gasteiger partial charge >= 0.3 is 11.9 Å². The molecule has 24 nitrogen and oxygen atoms in total. The number of rotatable bonds is 12. The molecule has 30 atom stereocenters. The van der Waals surface area contributed by atoms with Gasteiger partial charge in [0.1, 0.15) is 79.4 Å². The Morgan fingerprint density at radius 2 is 1.23 bits per heavy atom. The minimum atomic E-state index is -2.13. The van der Waals surface area contributed by atoms with Gasteiger partial charge in [0.05, 0.1) is 43.5 Å². The zero-order valence-corrected chi connectivity index (χ0v) is 44.8. The summed E-state index contributed by atoms with van der Waals surface area (Å²) >= 11 is 0. The number of allylic oxidation sites excluding steroid dienone is 2. The first-order chi connectivity index (χ1) is 36.0. The summed E-state index contributed by atoms with van der Waals surface area (Å²) in [6, 6.07) is 0. The van der Waals surface area contributed by atoms with Crippen LogP contribution in [0, 0.1) is 50.2 Å². The number of hydrogen-bond acceptors (Lipinski definition) is 22. The van der Waals surface area contributed by atoms with Crippen molar-refractivity contribution in [1.82, 2.24) is 0 Å². The molecule has 0 aromatic heterocycles. The zero-order valence-electron chi connectivity index (χ0n) is 44.8. The number of aliphatic carboxylic acids is 2. The molecule has 440 valence electrons. The van der Waals surface area contributed by atoms with Crippen molar-refractivity contribution >= 4 is 11.9 Å². The molecule has 8 fully saturated rings. The van der Waals surface area contributed by atoms with Gasteiger partial charge in [-0.1, -0.05) is 46.3 Å². The van der Waals surface area contributed by atoms with E-state index in [9.17, 15) is 81.1 Å². The summed E-state index contributed by atoms with van der Waals surface area (Å²) in [5, 5.41) is 151. The lowest BCUT2D eigenvalue weighted by molar-refractivity contribution is -0.396. The smallest absolute Gasteiger partial charge is 0.335 e. The number of carboxylic acids is 2. The maximum absolute atomic E-state index is 13.2. The normalized spacial score (nSPS) is 55.9. The average Bonchev–Trinajstić information content (AvgIpc) is 3.38. The molecular weight excluding hydrogens is 1020 g/mol. The van der Waals surface area contributed by atoms with Gasteiger partial charge in [0.2, 0.25) is 0 Å². The molecule has 4 saturated heterocycles. The molecule has 0 radical (unpaired) electrons. The van der Waals surface area contributed by atoms with Gasteiger partial charge in [-0.2, -0.15) is 0 Å². The van der Waals surface area contributed by atoms with Crippen LogP contribution in [0.1, 0.15) is 106 Å². The third kappa shape index (κ3) is 9.46. The van der Waals surface area contributed by atoms with Crippen molar-refractivity contribution in [2.75, 3.05) is 19.8 Å². The fraction of sp³-hybridized carbons (Fsp3) is 0.925. The highest BCUT2D eigenvalue weighted by Gasteiger charge is 2.71. The van der Waals surface area contributed by atoms with Gasteiger partial charge in [-0.15, -0.1) is 0 Å². The minimum absolute atomic E-state index is 0.0370. The standard InChI is InChI=1S/C53H84O24/c1-21-30(57)33(60)38(65)44(71-21)76-40-34(61)32(59)25(18-54)72-45(40)77-41-36(63)35(62)39(42(66)67)75-46(41)73-28-11-12-50(4)26(51(28,5)20-55)10-13-53(7)27(50)9-8-22-23-16-48(2,47(68)69)17-29(49(23,3)14-15-52(22,53)6)74-43-37(64)31(58)24(56)19-70-43/h8,21,23-41,43-46,54-65H,9-20H2,1-7H3,(H,66,67)(H,68,69)/t21-,23-,24-,25+,26-,27-,28-,29+,30-,31-,32-,33+,34-,35-,36-,37+,38+,39-,40+,41+,43-,44-,45-,46+,48-,49+,50-,51+,52+,53+/m0/s1. The Hall–Kier alpha value is -2.12. The van der Waals surface area contributed by atoms with Crippen molar-refractivity contribution in [2.45, 2.75) is 235 Å². The predicted octanol–water partition coefficient (Wildman–Crippen LogP) is -1.77. The van der Waals surface area contributed by atoms with Gasteiger partial charge < -0.3 is 109 Å². The number of fused-ring (bicyclic) bond motifs is 7. The molecule has 14 N–H and O–H groups in total. The Balaban J connectivity index is 0.990. The first-order valence-corrected chi connectivity index (χ1v) is 27.3. The lowest BCUT2D eigenvalue weighted by Gasteiger charge is -2.72. The highest BCUT2D eigenvalue weighted by Crippen LogP contribution is 2.76. The quantitative estimate of drug-likeness (QED) is 0.0760. The van der Waals surface area contributed by atoms with E-state index in [1.165, 1.54) is 12.5 Å². The molecule has 9 aliphatic rings. The molecule has 24 heteroatoms. The third-order valence-corrected chi connectivity index (χ3v) is 21.5. The summed E-state index contributed by atoms with van der Waals surface area (Å²) in [6.07, 6.45) is -27.4.